The van der Waals surface area contributed by atoms with Gasteiger partial charge in [0, 0.05) is 11.6 Å². The molecular formula is C18H18N2O6S. The quantitative estimate of drug-likeness (QED) is 0.651. The molecule has 0 unspecified atom stereocenters. The Labute approximate surface area is 156 Å². The Morgan fingerprint density at radius 1 is 1.11 bits per heavy atom. The number of rotatable bonds is 6. The maximum Gasteiger partial charge on any atom is 0.341 e. The molecule has 1 aliphatic carbocycles. The van der Waals surface area contributed by atoms with Gasteiger partial charge in [0.2, 0.25) is 5.91 Å². The van der Waals surface area contributed by atoms with Gasteiger partial charge in [-0.3, -0.25) is 9.52 Å². The third kappa shape index (κ3) is 4.37. The first-order chi connectivity index (χ1) is 12.8. The van der Waals surface area contributed by atoms with Gasteiger partial charge in [-0.1, -0.05) is 6.07 Å². The number of hydrogen-bond acceptors (Lipinski definition) is 6. The molecule has 0 atom stereocenters. The van der Waals surface area contributed by atoms with Gasteiger partial charge in [0.15, 0.2) is 0 Å². The molecule has 2 aromatic rings. The molecule has 142 valence electrons. The highest BCUT2D eigenvalue weighted by Crippen LogP contribution is 2.30. The van der Waals surface area contributed by atoms with Gasteiger partial charge in [-0.05, 0) is 49.2 Å². The largest absolute Gasteiger partial charge is 0.507 e. The van der Waals surface area contributed by atoms with Gasteiger partial charge in [0.05, 0.1) is 17.7 Å². The van der Waals surface area contributed by atoms with Crippen LogP contribution < -0.4 is 10.0 Å². The number of methoxy groups -OCH3 is 1. The van der Waals surface area contributed by atoms with E-state index in [0.29, 0.717) is 5.69 Å². The van der Waals surface area contributed by atoms with E-state index >= 15 is 0 Å². The van der Waals surface area contributed by atoms with E-state index in [4.69, 9.17) is 0 Å². The number of sulfonamides is 1. The molecule has 0 saturated heterocycles. The number of esters is 1. The number of phenolic OH excluding ortho intramolecular Hbond substituents is 1. The number of nitrogens with one attached hydrogen (secondary N) is 2. The predicted molar refractivity (Wildman–Crippen MR) is 98.1 cm³/mol. The van der Waals surface area contributed by atoms with Crippen LogP contribution in [0, 0.1) is 5.92 Å². The van der Waals surface area contributed by atoms with Gasteiger partial charge in [0.1, 0.15) is 11.3 Å². The topological polar surface area (TPSA) is 122 Å². The van der Waals surface area contributed by atoms with Gasteiger partial charge >= 0.3 is 5.97 Å². The highest BCUT2D eigenvalue weighted by Gasteiger charge is 2.29. The molecule has 1 fully saturated rings. The lowest BCUT2D eigenvalue weighted by molar-refractivity contribution is -0.117. The predicted octanol–water partition coefficient (Wildman–Crippen LogP) is 2.33. The zero-order chi connectivity index (χ0) is 19.6. The van der Waals surface area contributed by atoms with Crippen molar-refractivity contribution in [1.82, 2.24) is 0 Å². The lowest BCUT2D eigenvalue weighted by atomic mass is 10.2. The summed E-state index contributed by atoms with van der Waals surface area (Å²) in [5.41, 5.74) is 0.468. The van der Waals surface area contributed by atoms with Crippen molar-refractivity contribution in [1.29, 1.82) is 0 Å². The molecule has 3 rings (SSSR count). The third-order valence-electron chi connectivity index (χ3n) is 4.01. The summed E-state index contributed by atoms with van der Waals surface area (Å²) in [5, 5.41) is 12.4. The number of carbonyl (C=O) groups is 2. The average Bonchev–Trinajstić information content (AvgIpc) is 3.46. The average molecular weight is 390 g/mol. The minimum atomic E-state index is -4.03. The molecule has 0 radical (unpaired) electrons. The number of aromatic hydroxyl groups is 1. The summed E-state index contributed by atoms with van der Waals surface area (Å²) in [6, 6.07) is 9.61. The summed E-state index contributed by atoms with van der Waals surface area (Å²) in [6.07, 6.45) is 1.73. The first kappa shape index (κ1) is 18.7. The zero-order valence-corrected chi connectivity index (χ0v) is 15.2. The highest BCUT2D eigenvalue weighted by molar-refractivity contribution is 7.92. The minimum Gasteiger partial charge on any atom is -0.507 e. The minimum absolute atomic E-state index is 0.0269. The van der Waals surface area contributed by atoms with Crippen molar-refractivity contribution in [2.45, 2.75) is 17.7 Å². The van der Waals surface area contributed by atoms with Crippen molar-refractivity contribution in [3.05, 3.63) is 48.0 Å². The molecule has 8 nitrogen and oxygen atoms in total. The number of hydrogen-bond donors (Lipinski definition) is 3. The van der Waals surface area contributed by atoms with Gasteiger partial charge in [-0.2, -0.15) is 0 Å². The summed E-state index contributed by atoms with van der Waals surface area (Å²) < 4.78 is 32.1. The van der Waals surface area contributed by atoms with Gasteiger partial charge in [-0.25, -0.2) is 13.2 Å². The monoisotopic (exact) mass is 390 g/mol. The van der Waals surface area contributed by atoms with Crippen LogP contribution in [0.5, 0.6) is 5.75 Å². The molecule has 0 aliphatic heterocycles. The first-order valence-electron chi connectivity index (χ1n) is 8.15. The number of ether oxygens (including phenoxy) is 1. The Hall–Kier alpha value is -3.07. The van der Waals surface area contributed by atoms with Crippen molar-refractivity contribution >= 4 is 33.3 Å². The van der Waals surface area contributed by atoms with E-state index < -0.39 is 16.0 Å². The van der Waals surface area contributed by atoms with E-state index in [1.54, 1.807) is 12.1 Å². The van der Waals surface area contributed by atoms with E-state index in [-0.39, 0.29) is 33.7 Å². The molecule has 9 heteroatoms. The molecule has 1 saturated carbocycles. The van der Waals surface area contributed by atoms with Crippen molar-refractivity contribution < 1.29 is 27.9 Å². The van der Waals surface area contributed by atoms with E-state index in [1.807, 2.05) is 0 Å². The van der Waals surface area contributed by atoms with Gasteiger partial charge in [0.25, 0.3) is 10.0 Å². The molecule has 1 aliphatic rings. The number of carbonyl (C=O) groups excluding carboxylic acids is 2. The molecule has 27 heavy (non-hydrogen) atoms. The highest BCUT2D eigenvalue weighted by atomic mass is 32.2. The van der Waals surface area contributed by atoms with Crippen LogP contribution in [0.15, 0.2) is 47.4 Å². The molecule has 2 aromatic carbocycles. The van der Waals surface area contributed by atoms with Crippen molar-refractivity contribution in [2.24, 2.45) is 5.92 Å². The fourth-order valence-electron chi connectivity index (χ4n) is 2.42. The van der Waals surface area contributed by atoms with Crippen molar-refractivity contribution in [3.8, 4) is 5.75 Å². The molecule has 0 bridgehead atoms. The lowest BCUT2D eigenvalue weighted by Gasteiger charge is -2.11. The Morgan fingerprint density at radius 2 is 1.81 bits per heavy atom. The summed E-state index contributed by atoms with van der Waals surface area (Å²) in [4.78, 5) is 23.3. The Morgan fingerprint density at radius 3 is 2.48 bits per heavy atom. The fourth-order valence-corrected chi connectivity index (χ4v) is 3.50. The van der Waals surface area contributed by atoms with Crippen molar-refractivity contribution in [2.75, 3.05) is 17.1 Å². The smallest absolute Gasteiger partial charge is 0.341 e. The van der Waals surface area contributed by atoms with Gasteiger partial charge < -0.3 is 15.2 Å². The van der Waals surface area contributed by atoms with E-state index in [2.05, 4.69) is 14.8 Å². The normalized spacial score (nSPS) is 13.7. The fraction of sp³-hybridized carbons (Fsp3) is 0.222. The van der Waals surface area contributed by atoms with Crippen LogP contribution in [0.2, 0.25) is 0 Å². The van der Waals surface area contributed by atoms with Crippen LogP contribution in [0.4, 0.5) is 11.4 Å². The standard InChI is InChI=1S/C18H18N2O6S/c1-26-18(23)15-10-14(7-8-16(15)21)27(24,25)20-13-4-2-3-12(9-13)19-17(22)11-5-6-11/h2-4,7-11,20-21H,5-6H2,1H3,(H,19,22). The summed E-state index contributed by atoms with van der Waals surface area (Å²) in [5.74, 6) is -1.30. The Bertz CT molecular complexity index is 999. The van der Waals surface area contributed by atoms with Crippen LogP contribution in [0.3, 0.4) is 0 Å². The van der Waals surface area contributed by atoms with E-state index in [0.717, 1.165) is 32.1 Å². The molecule has 0 aromatic heterocycles. The Kier molecular flexibility index (Phi) is 5.04. The van der Waals surface area contributed by atoms with Crippen LogP contribution in [-0.4, -0.2) is 32.5 Å². The molecule has 1 amide bonds. The second-order valence-corrected chi connectivity index (χ2v) is 7.80. The molecular weight excluding hydrogens is 372 g/mol. The molecule has 0 heterocycles. The summed E-state index contributed by atoms with van der Waals surface area (Å²) in [6.45, 7) is 0. The number of amides is 1. The summed E-state index contributed by atoms with van der Waals surface area (Å²) in [7, 11) is -2.90. The third-order valence-corrected chi connectivity index (χ3v) is 5.39. The Balaban J connectivity index is 1.82. The zero-order valence-electron chi connectivity index (χ0n) is 14.4. The molecule has 0 spiro atoms. The van der Waals surface area contributed by atoms with Crippen LogP contribution in [-0.2, 0) is 19.6 Å². The second-order valence-electron chi connectivity index (χ2n) is 6.12. The van der Waals surface area contributed by atoms with E-state index in [1.165, 1.54) is 18.2 Å². The number of phenols is 1. The molecule has 3 N–H and O–H groups in total. The number of anilines is 2. The van der Waals surface area contributed by atoms with E-state index in [9.17, 15) is 23.1 Å². The lowest BCUT2D eigenvalue weighted by Crippen LogP contribution is -2.15. The van der Waals surface area contributed by atoms with Crippen LogP contribution >= 0.6 is 0 Å². The maximum atomic E-state index is 12.6. The SMILES string of the molecule is COC(=O)c1cc(S(=O)(=O)Nc2cccc(NC(=O)C3CC3)c2)ccc1O. The second kappa shape index (κ2) is 7.28. The van der Waals surface area contributed by atoms with Crippen LogP contribution in [0.25, 0.3) is 0 Å². The van der Waals surface area contributed by atoms with Crippen molar-refractivity contribution in [3.63, 3.8) is 0 Å². The van der Waals surface area contributed by atoms with Crippen LogP contribution in [0.1, 0.15) is 23.2 Å². The van der Waals surface area contributed by atoms with Gasteiger partial charge in [-0.15, -0.1) is 0 Å². The summed E-state index contributed by atoms with van der Waals surface area (Å²) >= 11 is 0. The first-order valence-corrected chi connectivity index (χ1v) is 9.63. The number of benzene rings is 2. The maximum absolute atomic E-state index is 12.6.